The Balaban J connectivity index is 1.79. The van der Waals surface area contributed by atoms with Crippen LogP contribution in [0.25, 0.3) is 5.69 Å². The van der Waals surface area contributed by atoms with Crippen molar-refractivity contribution in [2.75, 3.05) is 19.7 Å². The van der Waals surface area contributed by atoms with Gasteiger partial charge in [0, 0.05) is 25.9 Å². The molecule has 1 aliphatic heterocycles. The fourth-order valence-corrected chi connectivity index (χ4v) is 2.78. The van der Waals surface area contributed by atoms with Gasteiger partial charge in [0.25, 0.3) is 5.91 Å². The highest BCUT2D eigenvalue weighted by Crippen LogP contribution is 2.19. The predicted octanol–water partition coefficient (Wildman–Crippen LogP) is 1.86. The molecule has 5 nitrogen and oxygen atoms in total. The van der Waals surface area contributed by atoms with Gasteiger partial charge in [-0.3, -0.25) is 4.79 Å². The number of likely N-dealkylation sites (tertiary alicyclic amines) is 1. The lowest BCUT2D eigenvalue weighted by Gasteiger charge is -2.31. The zero-order valence-electron chi connectivity index (χ0n) is 12.2. The molecule has 2 heterocycles. The minimum absolute atomic E-state index is 0.0955. The number of benzene rings is 1. The summed E-state index contributed by atoms with van der Waals surface area (Å²) in [5.74, 6) is -0.372. The van der Waals surface area contributed by atoms with Crippen LogP contribution in [-0.2, 0) is 0 Å². The fourth-order valence-electron chi connectivity index (χ4n) is 2.78. The molecule has 1 N–H and O–H groups in total. The topological polar surface area (TPSA) is 58.4 Å². The first kappa shape index (κ1) is 14.7. The van der Waals surface area contributed by atoms with Gasteiger partial charge in [0.1, 0.15) is 11.5 Å². The van der Waals surface area contributed by atoms with Crippen molar-refractivity contribution in [3.63, 3.8) is 0 Å². The van der Waals surface area contributed by atoms with Crippen LogP contribution in [0.4, 0.5) is 4.39 Å². The van der Waals surface area contributed by atoms with Crippen LogP contribution in [0, 0.1) is 11.7 Å². The van der Waals surface area contributed by atoms with Gasteiger partial charge in [-0.25, -0.2) is 9.07 Å². The largest absolute Gasteiger partial charge is 0.396 e. The minimum Gasteiger partial charge on any atom is -0.396 e. The molecule has 0 aliphatic carbocycles. The third-order valence-electron chi connectivity index (χ3n) is 3.99. The standard InChI is InChI=1S/C16H18FN3O2/c17-14-5-1-2-6-15(14)20-10-13(8-18-20)16(22)19-7-3-4-12(9-19)11-21/h1-2,5-6,8,10,12,21H,3-4,7,9,11H2. The second kappa shape index (κ2) is 6.27. The number of aromatic nitrogens is 2. The molecule has 1 atom stereocenters. The van der Waals surface area contributed by atoms with E-state index >= 15 is 0 Å². The molecule has 3 rings (SSSR count). The van der Waals surface area contributed by atoms with Crippen LogP contribution in [0.3, 0.4) is 0 Å². The first-order valence-electron chi connectivity index (χ1n) is 7.38. The van der Waals surface area contributed by atoms with E-state index in [1.807, 2.05) is 0 Å². The predicted molar refractivity (Wildman–Crippen MR) is 79.2 cm³/mol. The van der Waals surface area contributed by atoms with Gasteiger partial charge in [0.15, 0.2) is 0 Å². The summed E-state index contributed by atoms with van der Waals surface area (Å²) >= 11 is 0. The Hall–Kier alpha value is -2.21. The van der Waals surface area contributed by atoms with Gasteiger partial charge in [-0.15, -0.1) is 0 Å². The van der Waals surface area contributed by atoms with Crippen LogP contribution >= 0.6 is 0 Å². The van der Waals surface area contributed by atoms with E-state index in [0.29, 0.717) is 24.3 Å². The normalized spacial score (nSPS) is 18.5. The Kier molecular flexibility index (Phi) is 4.20. The van der Waals surface area contributed by atoms with Crippen LogP contribution < -0.4 is 0 Å². The monoisotopic (exact) mass is 303 g/mol. The van der Waals surface area contributed by atoms with Gasteiger partial charge in [-0.2, -0.15) is 5.10 Å². The number of para-hydroxylation sites is 1. The van der Waals surface area contributed by atoms with Gasteiger partial charge in [-0.1, -0.05) is 12.1 Å². The van der Waals surface area contributed by atoms with Crippen molar-refractivity contribution in [2.24, 2.45) is 5.92 Å². The number of carbonyl (C=O) groups is 1. The molecule has 1 aromatic carbocycles. The molecule has 116 valence electrons. The number of aliphatic hydroxyl groups excluding tert-OH is 1. The summed E-state index contributed by atoms with van der Waals surface area (Å²) < 4.78 is 15.1. The molecular formula is C16H18FN3O2. The van der Waals surface area contributed by atoms with Crippen molar-refractivity contribution in [2.45, 2.75) is 12.8 Å². The lowest BCUT2D eigenvalue weighted by Crippen LogP contribution is -2.40. The molecular weight excluding hydrogens is 285 g/mol. The van der Waals surface area contributed by atoms with Crippen molar-refractivity contribution in [3.8, 4) is 5.69 Å². The first-order chi connectivity index (χ1) is 10.7. The molecule has 0 bridgehead atoms. The van der Waals surface area contributed by atoms with E-state index in [4.69, 9.17) is 0 Å². The molecule has 0 spiro atoms. The number of halogens is 1. The lowest BCUT2D eigenvalue weighted by molar-refractivity contribution is 0.0620. The number of carbonyl (C=O) groups excluding carboxylic acids is 1. The summed E-state index contributed by atoms with van der Waals surface area (Å²) in [6.07, 6.45) is 4.83. The van der Waals surface area contributed by atoms with Gasteiger partial charge < -0.3 is 10.0 Å². The summed E-state index contributed by atoms with van der Waals surface area (Å²) in [5.41, 5.74) is 0.746. The summed E-state index contributed by atoms with van der Waals surface area (Å²) in [6.45, 7) is 1.33. The Bertz CT molecular complexity index is 671. The molecule has 0 radical (unpaired) electrons. The molecule has 1 aromatic heterocycles. The Morgan fingerprint density at radius 1 is 1.41 bits per heavy atom. The zero-order chi connectivity index (χ0) is 15.5. The molecule has 1 fully saturated rings. The third kappa shape index (κ3) is 2.87. The molecule has 22 heavy (non-hydrogen) atoms. The maximum Gasteiger partial charge on any atom is 0.257 e. The average Bonchev–Trinajstić information content (AvgIpc) is 3.04. The van der Waals surface area contributed by atoms with Crippen molar-refractivity contribution >= 4 is 5.91 Å². The van der Waals surface area contributed by atoms with Crippen LogP contribution in [0.2, 0.25) is 0 Å². The number of amides is 1. The van der Waals surface area contributed by atoms with Gasteiger partial charge in [0.05, 0.1) is 11.8 Å². The van der Waals surface area contributed by atoms with E-state index in [1.54, 1.807) is 29.3 Å². The van der Waals surface area contributed by atoms with E-state index in [2.05, 4.69) is 5.10 Å². The smallest absolute Gasteiger partial charge is 0.257 e. The first-order valence-corrected chi connectivity index (χ1v) is 7.38. The maximum absolute atomic E-state index is 13.8. The van der Waals surface area contributed by atoms with E-state index in [0.717, 1.165) is 12.8 Å². The van der Waals surface area contributed by atoms with E-state index in [1.165, 1.54) is 16.9 Å². The summed E-state index contributed by atoms with van der Waals surface area (Å²) in [5, 5.41) is 13.3. The second-order valence-corrected chi connectivity index (χ2v) is 5.57. The van der Waals surface area contributed by atoms with E-state index in [-0.39, 0.29) is 24.2 Å². The number of nitrogens with zero attached hydrogens (tertiary/aromatic N) is 3. The Morgan fingerprint density at radius 2 is 2.23 bits per heavy atom. The molecule has 6 heteroatoms. The van der Waals surface area contributed by atoms with E-state index in [9.17, 15) is 14.3 Å². The fraction of sp³-hybridized carbons (Fsp3) is 0.375. The molecule has 2 aromatic rings. The quantitative estimate of drug-likeness (QED) is 0.941. The number of rotatable bonds is 3. The molecule has 1 saturated heterocycles. The third-order valence-corrected chi connectivity index (χ3v) is 3.99. The van der Waals surface area contributed by atoms with Crippen molar-refractivity contribution in [3.05, 3.63) is 48.0 Å². The highest BCUT2D eigenvalue weighted by atomic mass is 19.1. The summed E-state index contributed by atoms with van der Waals surface area (Å²) in [7, 11) is 0. The Labute approximate surface area is 128 Å². The van der Waals surface area contributed by atoms with Crippen LogP contribution in [0.1, 0.15) is 23.2 Å². The van der Waals surface area contributed by atoms with Crippen LogP contribution in [-0.4, -0.2) is 45.4 Å². The van der Waals surface area contributed by atoms with Crippen molar-refractivity contribution < 1.29 is 14.3 Å². The minimum atomic E-state index is -0.386. The summed E-state index contributed by atoms with van der Waals surface area (Å²) in [6, 6.07) is 6.30. The van der Waals surface area contributed by atoms with E-state index < -0.39 is 0 Å². The summed E-state index contributed by atoms with van der Waals surface area (Å²) in [4.78, 5) is 14.2. The zero-order valence-corrected chi connectivity index (χ0v) is 12.2. The highest BCUT2D eigenvalue weighted by molar-refractivity contribution is 5.93. The maximum atomic E-state index is 13.8. The Morgan fingerprint density at radius 3 is 3.00 bits per heavy atom. The number of piperidine rings is 1. The lowest BCUT2D eigenvalue weighted by atomic mass is 9.98. The number of hydrogen-bond acceptors (Lipinski definition) is 3. The average molecular weight is 303 g/mol. The van der Waals surface area contributed by atoms with Crippen molar-refractivity contribution in [1.82, 2.24) is 14.7 Å². The second-order valence-electron chi connectivity index (χ2n) is 5.57. The number of aliphatic hydroxyl groups is 1. The molecule has 1 amide bonds. The highest BCUT2D eigenvalue weighted by Gasteiger charge is 2.25. The number of hydrogen-bond donors (Lipinski definition) is 1. The molecule has 1 aliphatic rings. The van der Waals surface area contributed by atoms with Crippen LogP contribution in [0.15, 0.2) is 36.7 Å². The van der Waals surface area contributed by atoms with Crippen molar-refractivity contribution in [1.29, 1.82) is 0 Å². The van der Waals surface area contributed by atoms with Gasteiger partial charge in [0.2, 0.25) is 0 Å². The van der Waals surface area contributed by atoms with Gasteiger partial charge >= 0.3 is 0 Å². The molecule has 0 saturated carbocycles. The van der Waals surface area contributed by atoms with Gasteiger partial charge in [-0.05, 0) is 30.9 Å². The SMILES string of the molecule is O=C(c1cnn(-c2ccccc2F)c1)N1CCCC(CO)C1. The van der Waals surface area contributed by atoms with Crippen LogP contribution in [0.5, 0.6) is 0 Å². The molecule has 1 unspecified atom stereocenters.